The number of amides is 2. The van der Waals surface area contributed by atoms with Gasteiger partial charge in [0.1, 0.15) is 0 Å². The zero-order chi connectivity index (χ0) is 57.8. The van der Waals surface area contributed by atoms with Crippen molar-refractivity contribution in [2.75, 3.05) is 113 Å². The average molecular weight is 1060 g/mol. The number of methoxy groups -OCH3 is 2. The molecule has 0 aromatic rings. The summed E-state index contributed by atoms with van der Waals surface area (Å²) in [6.45, 7) is 55.1. The summed E-state index contributed by atoms with van der Waals surface area (Å²) in [7, 11) is 3.12. The number of carbonyl (C=O) groups excluding carboxylic acids is 3. The molecule has 0 spiro atoms. The van der Waals surface area contributed by atoms with Crippen LogP contribution in [0.15, 0.2) is 0 Å². The molecule has 2 heterocycles. The predicted octanol–water partition coefficient (Wildman–Crippen LogP) is 15.1. The molecular weight excluding hydrogens is 933 g/mol. The van der Waals surface area contributed by atoms with Gasteiger partial charge in [0.15, 0.2) is 0 Å². The van der Waals surface area contributed by atoms with E-state index in [0.29, 0.717) is 99.7 Å². The molecule has 0 aromatic carbocycles. The minimum absolute atomic E-state index is 0.0936. The van der Waals surface area contributed by atoms with Crippen molar-refractivity contribution in [3.8, 4) is 0 Å². The Morgan fingerprint density at radius 1 is 0.392 bits per heavy atom. The van der Waals surface area contributed by atoms with E-state index in [1.165, 1.54) is 64.9 Å². The maximum absolute atomic E-state index is 11.8. The van der Waals surface area contributed by atoms with Crippen molar-refractivity contribution in [1.82, 2.24) is 9.80 Å². The Morgan fingerprint density at radius 3 is 1.09 bits per heavy atom. The summed E-state index contributed by atoms with van der Waals surface area (Å²) in [4.78, 5) is 38.0. The van der Waals surface area contributed by atoms with Crippen LogP contribution in [-0.2, 0) is 47.5 Å². The van der Waals surface area contributed by atoms with Crippen LogP contribution in [0.4, 0.5) is 0 Å². The fraction of sp³-hybridized carbons (Fsp3) is 0.952. The fourth-order valence-corrected chi connectivity index (χ4v) is 6.67. The smallest absolute Gasteiger partial charge is 0.305 e. The number of nitrogens with zero attached hydrogens (tertiary/aromatic N) is 2. The second-order valence-electron chi connectivity index (χ2n) is 27.4. The monoisotopic (exact) mass is 1060 g/mol. The number of ether oxygens (including phenoxy) is 7. The normalized spacial score (nSPS) is 14.3. The SMILES string of the molecule is CC(C)(C)CCCCC(=O)N1CCOCC1.CC(C)(C)COCCC(=O)N1CCOCC1.CCCCCCC(C)(C)C.CCCCOCC(C)(C)C.COC(=O)CCCCC(C)(C)C.COCCOCC(C)(C)C. The van der Waals surface area contributed by atoms with Crippen molar-refractivity contribution in [2.45, 2.75) is 241 Å². The molecule has 12 heteroatoms. The molecule has 0 aliphatic carbocycles. The van der Waals surface area contributed by atoms with Gasteiger partial charge in [0.05, 0.1) is 79.6 Å². The van der Waals surface area contributed by atoms with E-state index in [4.69, 9.17) is 28.4 Å². The second kappa shape index (κ2) is 46.1. The van der Waals surface area contributed by atoms with Crippen molar-refractivity contribution in [3.05, 3.63) is 0 Å². The Bertz CT molecular complexity index is 1170. The van der Waals surface area contributed by atoms with Crippen LogP contribution in [0.5, 0.6) is 0 Å². The summed E-state index contributed by atoms with van der Waals surface area (Å²) in [5.41, 5.74) is 2.09. The first-order valence-corrected chi connectivity index (χ1v) is 29.1. The molecule has 2 saturated heterocycles. The van der Waals surface area contributed by atoms with E-state index < -0.39 is 0 Å². The molecule has 2 aliphatic rings. The highest BCUT2D eigenvalue weighted by Gasteiger charge is 2.19. The first-order chi connectivity index (χ1) is 34.1. The number of carbonyl (C=O) groups is 3. The van der Waals surface area contributed by atoms with Crippen LogP contribution < -0.4 is 0 Å². The third kappa shape index (κ3) is 70.2. The van der Waals surface area contributed by atoms with Gasteiger partial charge in [-0.1, -0.05) is 183 Å². The molecule has 0 radical (unpaired) electrons. The molecular formula is C62H128N2O10. The van der Waals surface area contributed by atoms with Gasteiger partial charge in [0.25, 0.3) is 0 Å². The van der Waals surface area contributed by atoms with Gasteiger partial charge in [0, 0.05) is 52.7 Å². The lowest BCUT2D eigenvalue weighted by molar-refractivity contribution is -0.141. The molecule has 2 amide bonds. The highest BCUT2D eigenvalue weighted by atomic mass is 16.5. The fourth-order valence-electron chi connectivity index (χ4n) is 6.67. The van der Waals surface area contributed by atoms with Gasteiger partial charge in [-0.3, -0.25) is 14.4 Å². The Kier molecular flexibility index (Phi) is 49.0. The first kappa shape index (κ1) is 78.7. The van der Waals surface area contributed by atoms with Crippen molar-refractivity contribution in [3.63, 3.8) is 0 Å². The molecule has 0 N–H and O–H groups in total. The van der Waals surface area contributed by atoms with Gasteiger partial charge in [-0.05, 0) is 71.0 Å². The summed E-state index contributed by atoms with van der Waals surface area (Å²) in [5, 5.41) is 0. The molecule has 0 unspecified atom stereocenters. The largest absolute Gasteiger partial charge is 0.469 e. The number of hydrogen-bond acceptors (Lipinski definition) is 10. The Morgan fingerprint density at radius 2 is 0.743 bits per heavy atom. The van der Waals surface area contributed by atoms with Gasteiger partial charge in [0.2, 0.25) is 11.8 Å². The van der Waals surface area contributed by atoms with Gasteiger partial charge >= 0.3 is 5.97 Å². The zero-order valence-electron chi connectivity index (χ0n) is 53.4. The lowest BCUT2D eigenvalue weighted by Gasteiger charge is -2.27. The van der Waals surface area contributed by atoms with Crippen LogP contribution >= 0.6 is 0 Å². The van der Waals surface area contributed by atoms with Crippen molar-refractivity contribution < 1.29 is 47.5 Å². The van der Waals surface area contributed by atoms with E-state index in [1.807, 2.05) is 9.80 Å². The van der Waals surface area contributed by atoms with E-state index >= 15 is 0 Å². The van der Waals surface area contributed by atoms with E-state index in [9.17, 15) is 14.4 Å². The topological polar surface area (TPSA) is 122 Å². The van der Waals surface area contributed by atoms with Crippen LogP contribution in [0, 0.1) is 32.5 Å². The third-order valence-corrected chi connectivity index (χ3v) is 11.0. The van der Waals surface area contributed by atoms with Gasteiger partial charge in [-0.25, -0.2) is 0 Å². The van der Waals surface area contributed by atoms with Gasteiger partial charge < -0.3 is 43.0 Å². The van der Waals surface area contributed by atoms with Crippen LogP contribution in [0.2, 0.25) is 0 Å². The average Bonchev–Trinajstić information content (AvgIpc) is 3.29. The molecule has 2 fully saturated rings. The summed E-state index contributed by atoms with van der Waals surface area (Å²) in [6.07, 6.45) is 17.8. The Hall–Kier alpha value is -1.83. The molecule has 0 saturated carbocycles. The van der Waals surface area contributed by atoms with Gasteiger partial charge in [-0.15, -0.1) is 0 Å². The summed E-state index contributed by atoms with van der Waals surface area (Å²) in [6, 6.07) is 0. The third-order valence-electron chi connectivity index (χ3n) is 11.0. The van der Waals surface area contributed by atoms with Crippen molar-refractivity contribution in [2.24, 2.45) is 32.5 Å². The molecule has 0 atom stereocenters. The minimum Gasteiger partial charge on any atom is -0.469 e. The summed E-state index contributed by atoms with van der Waals surface area (Å²) in [5.74, 6) is 0.387. The number of hydrogen-bond donors (Lipinski definition) is 0. The zero-order valence-corrected chi connectivity index (χ0v) is 53.4. The lowest BCUT2D eigenvalue weighted by Crippen LogP contribution is -2.41. The maximum atomic E-state index is 11.8. The van der Waals surface area contributed by atoms with Crippen molar-refractivity contribution >= 4 is 17.8 Å². The lowest BCUT2D eigenvalue weighted by atomic mass is 9.89. The Labute approximate surface area is 460 Å². The van der Waals surface area contributed by atoms with Crippen LogP contribution in [0.1, 0.15) is 241 Å². The maximum Gasteiger partial charge on any atom is 0.305 e. The van der Waals surface area contributed by atoms with Crippen LogP contribution in [-0.4, -0.2) is 141 Å². The first-order valence-electron chi connectivity index (χ1n) is 29.1. The number of morpholine rings is 2. The predicted molar refractivity (Wildman–Crippen MR) is 313 cm³/mol. The van der Waals surface area contributed by atoms with Gasteiger partial charge in [-0.2, -0.15) is 0 Å². The van der Waals surface area contributed by atoms with Crippen LogP contribution in [0.3, 0.4) is 0 Å². The molecule has 12 nitrogen and oxygen atoms in total. The molecule has 446 valence electrons. The van der Waals surface area contributed by atoms with E-state index in [1.54, 1.807) is 7.11 Å². The molecule has 2 aliphatic heterocycles. The Balaban J connectivity index is -0.000000403. The molecule has 2 rings (SSSR count). The number of esters is 1. The highest BCUT2D eigenvalue weighted by molar-refractivity contribution is 5.76. The van der Waals surface area contributed by atoms with Crippen molar-refractivity contribution in [1.29, 1.82) is 0 Å². The van der Waals surface area contributed by atoms with E-state index in [-0.39, 0.29) is 22.7 Å². The van der Waals surface area contributed by atoms with E-state index in [0.717, 1.165) is 71.7 Å². The van der Waals surface area contributed by atoms with E-state index in [2.05, 4.69) is 143 Å². The number of rotatable bonds is 24. The minimum atomic E-state index is -0.0936. The highest BCUT2D eigenvalue weighted by Crippen LogP contribution is 2.24. The second-order valence-corrected chi connectivity index (χ2v) is 27.4. The quantitative estimate of drug-likeness (QED) is 0.0682. The van der Waals surface area contributed by atoms with Crippen LogP contribution in [0.25, 0.3) is 0 Å². The molecule has 74 heavy (non-hydrogen) atoms. The molecule has 0 bridgehead atoms. The summed E-state index contributed by atoms with van der Waals surface area (Å²) < 4.78 is 36.0. The summed E-state index contributed by atoms with van der Waals surface area (Å²) >= 11 is 0. The molecule has 0 aromatic heterocycles. The standard InChI is InChI=1S/C13H25NO2.C12H23NO3.C10H20O2.C10H22.C9H20O.C8H18O2/c1-13(2,3)7-5-4-6-12(15)14-8-10-16-11-9-14;1-12(2,3)10-16-7-4-11(14)13-5-8-15-9-6-13;1-10(2,3)8-6-5-7-9(11)12-4;1-5-6-7-8-9-10(2,3)4;1-5-6-7-10-8-9(2,3)4;1-8(2,3)7-10-6-5-9-4/h4-11H2,1-3H3;4-10H2,1-3H3;5-8H2,1-4H3;5-9H2,1-4H3;5-8H2,1-4H3;5-7H2,1-4H3. The number of unbranched alkanes of at least 4 members (excludes halogenated alkanes) is 6.